The SMILES string of the molecule is CNCC(CC1CCCCC1)NC(=O)N1CCCC([C@](C)(O)c2cccc(Cl)c2)C1. The minimum atomic E-state index is -1.02. The average molecular weight is 436 g/mol. The fraction of sp³-hybridized carbons (Fsp3) is 0.708. The summed E-state index contributed by atoms with van der Waals surface area (Å²) in [4.78, 5) is 15.0. The van der Waals surface area contributed by atoms with Crippen LogP contribution in [0.2, 0.25) is 5.02 Å². The van der Waals surface area contributed by atoms with Crippen molar-refractivity contribution in [3.63, 3.8) is 0 Å². The van der Waals surface area contributed by atoms with Crippen LogP contribution in [0.4, 0.5) is 4.79 Å². The van der Waals surface area contributed by atoms with E-state index in [1.807, 2.05) is 43.1 Å². The van der Waals surface area contributed by atoms with Crippen LogP contribution in [0, 0.1) is 11.8 Å². The molecule has 5 nitrogen and oxygen atoms in total. The van der Waals surface area contributed by atoms with E-state index in [9.17, 15) is 9.90 Å². The summed E-state index contributed by atoms with van der Waals surface area (Å²) in [6.45, 7) is 3.93. The van der Waals surface area contributed by atoms with E-state index in [4.69, 9.17) is 11.6 Å². The van der Waals surface area contributed by atoms with Gasteiger partial charge in [-0.3, -0.25) is 0 Å². The molecule has 3 atom stereocenters. The smallest absolute Gasteiger partial charge is 0.317 e. The number of nitrogens with zero attached hydrogens (tertiary/aromatic N) is 1. The molecule has 0 spiro atoms. The minimum absolute atomic E-state index is 0.00217. The largest absolute Gasteiger partial charge is 0.385 e. The van der Waals surface area contributed by atoms with Gasteiger partial charge >= 0.3 is 6.03 Å². The van der Waals surface area contributed by atoms with Crippen LogP contribution in [0.15, 0.2) is 24.3 Å². The topological polar surface area (TPSA) is 64.6 Å². The summed E-state index contributed by atoms with van der Waals surface area (Å²) in [7, 11) is 1.94. The molecule has 2 fully saturated rings. The highest BCUT2D eigenvalue weighted by Crippen LogP contribution is 2.36. The highest BCUT2D eigenvalue weighted by atomic mass is 35.5. The lowest BCUT2D eigenvalue weighted by Gasteiger charge is -2.41. The molecule has 30 heavy (non-hydrogen) atoms. The molecule has 0 aromatic heterocycles. The Morgan fingerprint density at radius 2 is 2.03 bits per heavy atom. The first-order valence-electron chi connectivity index (χ1n) is 11.6. The third-order valence-corrected chi connectivity index (χ3v) is 7.27. The van der Waals surface area contributed by atoms with E-state index in [-0.39, 0.29) is 18.0 Å². The minimum Gasteiger partial charge on any atom is -0.385 e. The number of amides is 2. The number of rotatable bonds is 7. The third-order valence-electron chi connectivity index (χ3n) is 7.03. The molecule has 1 saturated carbocycles. The highest BCUT2D eigenvalue weighted by molar-refractivity contribution is 6.30. The number of carbonyl (C=O) groups is 1. The van der Waals surface area contributed by atoms with Gasteiger partial charge in [-0.05, 0) is 56.8 Å². The van der Waals surface area contributed by atoms with Gasteiger partial charge in [0.1, 0.15) is 0 Å². The Balaban J connectivity index is 1.61. The Hall–Kier alpha value is -1.30. The first-order valence-corrected chi connectivity index (χ1v) is 12.0. The van der Waals surface area contributed by atoms with Crippen LogP contribution in [0.3, 0.4) is 0 Å². The van der Waals surface area contributed by atoms with E-state index >= 15 is 0 Å². The molecule has 2 aliphatic rings. The maximum absolute atomic E-state index is 13.1. The number of nitrogens with one attached hydrogen (secondary N) is 2. The van der Waals surface area contributed by atoms with Crippen LogP contribution in [-0.2, 0) is 5.60 Å². The zero-order valence-corrected chi connectivity index (χ0v) is 19.3. The van der Waals surface area contributed by atoms with Crippen molar-refractivity contribution in [2.75, 3.05) is 26.7 Å². The van der Waals surface area contributed by atoms with Gasteiger partial charge in [-0.15, -0.1) is 0 Å². The van der Waals surface area contributed by atoms with E-state index in [1.54, 1.807) is 0 Å². The zero-order valence-electron chi connectivity index (χ0n) is 18.5. The van der Waals surface area contributed by atoms with E-state index in [2.05, 4.69) is 10.6 Å². The van der Waals surface area contributed by atoms with Crippen molar-refractivity contribution in [3.05, 3.63) is 34.9 Å². The van der Waals surface area contributed by atoms with Gasteiger partial charge in [-0.25, -0.2) is 4.79 Å². The summed E-state index contributed by atoms with van der Waals surface area (Å²) in [6, 6.07) is 7.58. The predicted molar refractivity (Wildman–Crippen MR) is 123 cm³/mol. The highest BCUT2D eigenvalue weighted by Gasteiger charge is 2.38. The lowest BCUT2D eigenvalue weighted by atomic mass is 9.78. The molecular formula is C24H38ClN3O2. The van der Waals surface area contributed by atoms with Gasteiger partial charge in [0.25, 0.3) is 0 Å². The Labute approximate surface area is 186 Å². The number of piperidine rings is 1. The van der Waals surface area contributed by atoms with Crippen molar-refractivity contribution in [3.8, 4) is 0 Å². The first kappa shape index (κ1) is 23.4. The average Bonchev–Trinajstić information content (AvgIpc) is 2.74. The van der Waals surface area contributed by atoms with Gasteiger partial charge in [0.2, 0.25) is 0 Å². The number of benzene rings is 1. The molecule has 1 heterocycles. The normalized spacial score (nSPS) is 23.6. The van der Waals surface area contributed by atoms with E-state index in [1.165, 1.54) is 32.1 Å². The number of hydrogen-bond donors (Lipinski definition) is 3. The second kappa shape index (κ2) is 10.8. The number of likely N-dealkylation sites (tertiary alicyclic amines) is 1. The lowest BCUT2D eigenvalue weighted by molar-refractivity contribution is -0.0314. The van der Waals surface area contributed by atoms with Crippen molar-refractivity contribution in [1.82, 2.24) is 15.5 Å². The molecular weight excluding hydrogens is 398 g/mol. The van der Waals surface area contributed by atoms with Gasteiger partial charge in [0, 0.05) is 36.6 Å². The molecule has 1 aliphatic carbocycles. The molecule has 1 aromatic rings. The molecule has 3 rings (SSSR count). The molecule has 0 radical (unpaired) electrons. The Kier molecular flexibility index (Phi) is 8.44. The number of urea groups is 1. The number of aliphatic hydroxyl groups is 1. The second-order valence-corrected chi connectivity index (χ2v) is 9.82. The molecule has 2 unspecified atom stereocenters. The van der Waals surface area contributed by atoms with Gasteiger partial charge in [-0.1, -0.05) is 55.8 Å². The number of likely N-dealkylation sites (N-methyl/N-ethyl adjacent to an activating group) is 1. The number of hydrogen-bond acceptors (Lipinski definition) is 3. The first-order chi connectivity index (χ1) is 14.4. The Morgan fingerprint density at radius 1 is 1.27 bits per heavy atom. The quantitative estimate of drug-likeness (QED) is 0.589. The van der Waals surface area contributed by atoms with Crippen molar-refractivity contribution in [2.24, 2.45) is 11.8 Å². The standard InChI is InChI=1S/C24H38ClN3O2/c1-24(30,19-10-6-12-21(25)15-19)20-11-7-13-28(17-20)23(29)27-22(16-26-2)14-18-8-4-3-5-9-18/h6,10,12,15,18,20,22,26,30H,3-5,7-9,11,13-14,16-17H2,1-2H3,(H,27,29)/t20?,22?,24-/m1/s1. The predicted octanol–water partition coefficient (Wildman–Crippen LogP) is 4.53. The van der Waals surface area contributed by atoms with Crippen LogP contribution in [-0.4, -0.2) is 48.8 Å². The fourth-order valence-electron chi connectivity index (χ4n) is 5.19. The summed E-state index contributed by atoms with van der Waals surface area (Å²) in [5.74, 6) is 0.701. The molecule has 168 valence electrons. The molecule has 1 aromatic carbocycles. The van der Waals surface area contributed by atoms with Gasteiger partial charge in [0.05, 0.1) is 5.60 Å². The molecule has 3 N–H and O–H groups in total. The molecule has 1 saturated heterocycles. The molecule has 6 heteroatoms. The number of carbonyl (C=O) groups excluding carboxylic acids is 1. The van der Waals surface area contributed by atoms with Gasteiger partial charge in [-0.2, -0.15) is 0 Å². The summed E-state index contributed by atoms with van der Waals surface area (Å²) in [5.41, 5.74) is -0.205. The fourth-order valence-corrected chi connectivity index (χ4v) is 5.38. The van der Waals surface area contributed by atoms with Gasteiger partial charge < -0.3 is 20.6 Å². The van der Waals surface area contributed by atoms with Crippen LogP contribution in [0.1, 0.15) is 63.9 Å². The van der Waals surface area contributed by atoms with Gasteiger partial charge in [0.15, 0.2) is 0 Å². The second-order valence-electron chi connectivity index (χ2n) is 9.39. The van der Waals surface area contributed by atoms with Crippen LogP contribution < -0.4 is 10.6 Å². The maximum atomic E-state index is 13.1. The maximum Gasteiger partial charge on any atom is 0.317 e. The summed E-state index contributed by atoms with van der Waals surface area (Å²) < 4.78 is 0. The molecule has 0 bridgehead atoms. The van der Waals surface area contributed by atoms with Crippen LogP contribution >= 0.6 is 11.6 Å². The molecule has 2 amide bonds. The van der Waals surface area contributed by atoms with E-state index in [0.29, 0.717) is 11.6 Å². The summed E-state index contributed by atoms with van der Waals surface area (Å²) >= 11 is 6.14. The van der Waals surface area contributed by atoms with Crippen molar-refractivity contribution in [2.45, 2.75) is 69.9 Å². The van der Waals surface area contributed by atoms with Crippen LogP contribution in [0.5, 0.6) is 0 Å². The van der Waals surface area contributed by atoms with Crippen molar-refractivity contribution in [1.29, 1.82) is 0 Å². The lowest BCUT2D eigenvalue weighted by Crippen LogP contribution is -2.53. The van der Waals surface area contributed by atoms with E-state index in [0.717, 1.165) is 43.8 Å². The van der Waals surface area contributed by atoms with Crippen molar-refractivity contribution < 1.29 is 9.90 Å². The zero-order chi connectivity index (χ0) is 21.6. The Morgan fingerprint density at radius 3 is 2.73 bits per heavy atom. The summed E-state index contributed by atoms with van der Waals surface area (Å²) in [5, 5.41) is 18.4. The van der Waals surface area contributed by atoms with E-state index < -0.39 is 5.60 Å². The molecule has 1 aliphatic heterocycles. The van der Waals surface area contributed by atoms with Crippen molar-refractivity contribution >= 4 is 17.6 Å². The monoisotopic (exact) mass is 435 g/mol. The number of halogens is 1. The Bertz CT molecular complexity index is 691. The third kappa shape index (κ3) is 6.12. The summed E-state index contributed by atoms with van der Waals surface area (Å²) in [6.07, 6.45) is 9.38. The van der Waals surface area contributed by atoms with Crippen LogP contribution in [0.25, 0.3) is 0 Å².